The molecular formula is C35H29ClN4O7S. The lowest BCUT2D eigenvalue weighted by molar-refractivity contribution is -0.136. The maximum atomic E-state index is 14.3. The third-order valence-electron chi connectivity index (χ3n) is 7.66. The summed E-state index contributed by atoms with van der Waals surface area (Å²) in [5, 5.41) is 5.28. The van der Waals surface area contributed by atoms with E-state index in [0.29, 0.717) is 42.6 Å². The zero-order valence-electron chi connectivity index (χ0n) is 26.5. The van der Waals surface area contributed by atoms with Gasteiger partial charge in [0.05, 0.1) is 53.9 Å². The van der Waals surface area contributed by atoms with Gasteiger partial charge in [-0.2, -0.15) is 5.10 Å². The molecule has 0 amide bonds. The SMILES string of the molecule is COC(=O)C1=C(C)N=c2sc(=Cc3cn(-c4ccccc4)nc3-c3ccc(OC)c(Cl)c3)c(=O)n2C1c1ccc(OC(C)=O)c(OC)c1. The average Bonchev–Trinajstić information content (AvgIpc) is 3.64. The average molecular weight is 685 g/mol. The molecule has 48 heavy (non-hydrogen) atoms. The van der Waals surface area contributed by atoms with Crippen molar-refractivity contribution in [1.82, 2.24) is 14.3 Å². The molecule has 0 N–H and O–H groups in total. The van der Waals surface area contributed by atoms with Gasteiger partial charge < -0.3 is 18.9 Å². The Morgan fingerprint density at radius 1 is 0.958 bits per heavy atom. The summed E-state index contributed by atoms with van der Waals surface area (Å²) >= 11 is 7.67. The highest BCUT2D eigenvalue weighted by molar-refractivity contribution is 7.07. The second-order valence-electron chi connectivity index (χ2n) is 10.6. The molecule has 0 spiro atoms. The molecule has 0 fully saturated rings. The molecule has 244 valence electrons. The van der Waals surface area contributed by atoms with E-state index in [4.69, 9.17) is 35.6 Å². The van der Waals surface area contributed by atoms with Crippen molar-refractivity contribution in [2.45, 2.75) is 19.9 Å². The Bertz CT molecular complexity index is 2290. The molecule has 3 heterocycles. The van der Waals surface area contributed by atoms with Crippen molar-refractivity contribution >= 4 is 41.0 Å². The van der Waals surface area contributed by atoms with E-state index in [1.54, 1.807) is 55.1 Å². The maximum absolute atomic E-state index is 14.3. The Morgan fingerprint density at radius 3 is 2.35 bits per heavy atom. The van der Waals surface area contributed by atoms with Crippen molar-refractivity contribution in [2.75, 3.05) is 21.3 Å². The van der Waals surface area contributed by atoms with Gasteiger partial charge in [0.2, 0.25) is 0 Å². The van der Waals surface area contributed by atoms with E-state index >= 15 is 0 Å². The van der Waals surface area contributed by atoms with E-state index in [-0.39, 0.29) is 22.6 Å². The zero-order chi connectivity index (χ0) is 34.1. The van der Waals surface area contributed by atoms with Gasteiger partial charge in [-0.15, -0.1) is 0 Å². The van der Waals surface area contributed by atoms with Crippen LogP contribution in [-0.2, 0) is 14.3 Å². The molecule has 0 saturated heterocycles. The summed E-state index contributed by atoms with van der Waals surface area (Å²) in [6.45, 7) is 2.97. The van der Waals surface area contributed by atoms with Crippen LogP contribution in [0.5, 0.6) is 17.2 Å². The number of carbonyl (C=O) groups is 2. The highest BCUT2D eigenvalue weighted by Gasteiger charge is 2.34. The summed E-state index contributed by atoms with van der Waals surface area (Å²) in [4.78, 5) is 44.2. The fourth-order valence-electron chi connectivity index (χ4n) is 5.49. The van der Waals surface area contributed by atoms with Crippen molar-refractivity contribution in [3.8, 4) is 34.2 Å². The number of rotatable bonds is 8. The first-order valence-corrected chi connectivity index (χ1v) is 15.8. The summed E-state index contributed by atoms with van der Waals surface area (Å²) in [6.07, 6.45) is 3.59. The summed E-state index contributed by atoms with van der Waals surface area (Å²) < 4.78 is 24.8. The molecule has 1 aliphatic rings. The molecule has 5 aromatic rings. The number of carbonyl (C=O) groups excluding carboxylic acids is 2. The summed E-state index contributed by atoms with van der Waals surface area (Å²) in [6, 6.07) is 18.9. The summed E-state index contributed by atoms with van der Waals surface area (Å²) in [5.41, 5.74) is 3.50. The normalized spacial score (nSPS) is 14.3. The van der Waals surface area contributed by atoms with Crippen LogP contribution in [-0.4, -0.2) is 47.6 Å². The second kappa shape index (κ2) is 13.3. The highest BCUT2D eigenvalue weighted by atomic mass is 35.5. The van der Waals surface area contributed by atoms with Gasteiger partial charge in [0, 0.05) is 24.2 Å². The quantitative estimate of drug-likeness (QED) is 0.168. The Kier molecular flexibility index (Phi) is 9.03. The third-order valence-corrected chi connectivity index (χ3v) is 8.94. The van der Waals surface area contributed by atoms with Gasteiger partial charge in [-0.05, 0) is 61.0 Å². The van der Waals surface area contributed by atoms with Crippen LogP contribution in [0.4, 0.5) is 0 Å². The van der Waals surface area contributed by atoms with Crippen LogP contribution in [0.15, 0.2) is 94.0 Å². The number of thiazole rings is 1. The Hall–Kier alpha value is -5.46. The number of fused-ring (bicyclic) bond motifs is 1. The molecule has 0 aliphatic carbocycles. The standard InChI is InChI=1S/C35H29ClN4O7S/c1-19-30(34(43)46-5)32(22-12-14-27(47-20(2)41)28(16-22)45-4)40-33(42)29(48-35(40)37-19)17-23-18-39(24-9-7-6-8-10-24)38-31(23)21-11-13-26(44-3)25(36)15-21/h6-18,32H,1-5H3. The van der Waals surface area contributed by atoms with Gasteiger partial charge in [-0.1, -0.05) is 47.2 Å². The predicted octanol–water partition coefficient (Wildman–Crippen LogP) is 4.86. The van der Waals surface area contributed by atoms with E-state index in [1.807, 2.05) is 42.6 Å². The Morgan fingerprint density at radius 2 is 1.69 bits per heavy atom. The Balaban J connectivity index is 1.56. The number of halogens is 1. The number of aromatic nitrogens is 3. The number of nitrogens with zero attached hydrogens (tertiary/aromatic N) is 4. The molecular weight excluding hydrogens is 656 g/mol. The first-order valence-electron chi connectivity index (χ1n) is 14.6. The molecule has 11 nitrogen and oxygen atoms in total. The molecule has 1 atom stereocenters. The Labute approximate surface area is 283 Å². The highest BCUT2D eigenvalue weighted by Crippen LogP contribution is 2.36. The third kappa shape index (κ3) is 6.03. The van der Waals surface area contributed by atoms with Gasteiger partial charge in [0.1, 0.15) is 11.4 Å². The van der Waals surface area contributed by atoms with Crippen LogP contribution in [0.1, 0.15) is 31.0 Å². The van der Waals surface area contributed by atoms with E-state index < -0.39 is 18.0 Å². The van der Waals surface area contributed by atoms with E-state index in [9.17, 15) is 14.4 Å². The molecule has 0 bridgehead atoms. The van der Waals surface area contributed by atoms with Gasteiger partial charge in [-0.3, -0.25) is 14.2 Å². The van der Waals surface area contributed by atoms with Crippen LogP contribution in [0.25, 0.3) is 23.0 Å². The van der Waals surface area contributed by atoms with Crippen LogP contribution < -0.4 is 29.1 Å². The number of methoxy groups -OCH3 is 3. The molecule has 13 heteroatoms. The molecule has 1 unspecified atom stereocenters. The minimum Gasteiger partial charge on any atom is -0.495 e. The van der Waals surface area contributed by atoms with Crippen molar-refractivity contribution in [1.29, 1.82) is 0 Å². The van der Waals surface area contributed by atoms with Crippen molar-refractivity contribution in [3.05, 3.63) is 120 Å². The number of ether oxygens (including phenoxy) is 4. The summed E-state index contributed by atoms with van der Waals surface area (Å²) in [5.74, 6) is -0.191. The first kappa shape index (κ1) is 32.5. The van der Waals surface area contributed by atoms with Crippen molar-refractivity contribution in [2.24, 2.45) is 4.99 Å². The lowest BCUT2D eigenvalue weighted by Crippen LogP contribution is -2.39. The van der Waals surface area contributed by atoms with Gasteiger partial charge in [0.25, 0.3) is 5.56 Å². The van der Waals surface area contributed by atoms with Crippen LogP contribution in [0, 0.1) is 0 Å². The lowest BCUT2D eigenvalue weighted by atomic mass is 9.95. The van der Waals surface area contributed by atoms with Gasteiger partial charge in [0.15, 0.2) is 16.3 Å². The number of hydrogen-bond donors (Lipinski definition) is 0. The van der Waals surface area contributed by atoms with Crippen molar-refractivity contribution in [3.63, 3.8) is 0 Å². The number of para-hydroxylation sites is 1. The predicted molar refractivity (Wildman–Crippen MR) is 181 cm³/mol. The molecule has 0 saturated carbocycles. The van der Waals surface area contributed by atoms with Crippen molar-refractivity contribution < 1.29 is 28.5 Å². The topological polar surface area (TPSA) is 123 Å². The molecule has 0 radical (unpaired) electrons. The minimum absolute atomic E-state index is 0.184. The lowest BCUT2D eigenvalue weighted by Gasteiger charge is -2.25. The van der Waals surface area contributed by atoms with E-state index in [1.165, 1.54) is 37.0 Å². The van der Waals surface area contributed by atoms with Crippen LogP contribution >= 0.6 is 22.9 Å². The van der Waals surface area contributed by atoms with Gasteiger partial charge >= 0.3 is 11.9 Å². The molecule has 1 aliphatic heterocycles. The number of allylic oxidation sites excluding steroid dienone is 1. The number of benzene rings is 3. The van der Waals surface area contributed by atoms with Crippen LogP contribution in [0.2, 0.25) is 5.02 Å². The molecule has 2 aromatic heterocycles. The zero-order valence-corrected chi connectivity index (χ0v) is 28.1. The van der Waals surface area contributed by atoms with Crippen LogP contribution in [0.3, 0.4) is 0 Å². The first-order chi connectivity index (χ1) is 23.1. The monoisotopic (exact) mass is 684 g/mol. The smallest absolute Gasteiger partial charge is 0.338 e. The maximum Gasteiger partial charge on any atom is 0.338 e. The second-order valence-corrected chi connectivity index (χ2v) is 12.1. The molecule has 6 rings (SSSR count). The number of hydrogen-bond acceptors (Lipinski definition) is 10. The fraction of sp³-hybridized carbons (Fsp3) is 0.171. The van der Waals surface area contributed by atoms with E-state index in [0.717, 1.165) is 11.3 Å². The number of esters is 2. The van der Waals surface area contributed by atoms with Gasteiger partial charge in [-0.25, -0.2) is 14.5 Å². The largest absolute Gasteiger partial charge is 0.495 e. The van der Waals surface area contributed by atoms with E-state index in [2.05, 4.69) is 4.99 Å². The fourth-order valence-corrected chi connectivity index (χ4v) is 6.78. The summed E-state index contributed by atoms with van der Waals surface area (Å²) in [7, 11) is 4.25. The molecule has 3 aromatic carbocycles. The minimum atomic E-state index is -0.914.